The van der Waals surface area contributed by atoms with Gasteiger partial charge in [0, 0.05) is 19.6 Å². The summed E-state index contributed by atoms with van der Waals surface area (Å²) in [6.45, 7) is 15.0. The van der Waals surface area contributed by atoms with Crippen LogP contribution in [0.4, 0.5) is 0 Å². The predicted molar refractivity (Wildman–Crippen MR) is 95.3 cm³/mol. The van der Waals surface area contributed by atoms with E-state index in [0.717, 1.165) is 37.5 Å². The molecule has 1 aromatic carbocycles. The Morgan fingerprint density at radius 1 is 1.04 bits per heavy atom. The van der Waals surface area contributed by atoms with Crippen LogP contribution in [0, 0.1) is 20.8 Å². The third-order valence-electron chi connectivity index (χ3n) is 4.89. The van der Waals surface area contributed by atoms with Gasteiger partial charge in [0.15, 0.2) is 0 Å². The molecule has 0 saturated carbocycles. The van der Waals surface area contributed by atoms with Gasteiger partial charge >= 0.3 is 0 Å². The molecule has 1 aliphatic heterocycles. The second kappa shape index (κ2) is 8.67. The van der Waals surface area contributed by atoms with Gasteiger partial charge in [-0.05, 0) is 63.5 Å². The summed E-state index contributed by atoms with van der Waals surface area (Å²) in [4.78, 5) is 4.84. The Bertz CT molecular complexity index is 504. The Balaban J connectivity index is 1.83. The van der Waals surface area contributed by atoms with Gasteiger partial charge in [-0.25, -0.2) is 0 Å². The highest BCUT2D eigenvalue weighted by atomic mass is 16.5. The number of ether oxygens (including phenoxy) is 1. The summed E-state index contributed by atoms with van der Waals surface area (Å²) in [7, 11) is 0. The summed E-state index contributed by atoms with van der Waals surface area (Å²) in [5.41, 5.74) is 3.53. The molecule has 1 saturated heterocycles. The number of β-amino-alcohol motifs (C(OH)–C–C–N with tert-alkyl or cyclic N) is 1. The van der Waals surface area contributed by atoms with Crippen LogP contribution >= 0.6 is 0 Å². The molecule has 1 fully saturated rings. The third-order valence-corrected chi connectivity index (χ3v) is 4.89. The number of aliphatic hydroxyl groups excluding tert-OH is 1. The maximum atomic E-state index is 10.3. The van der Waals surface area contributed by atoms with Gasteiger partial charge in [-0.2, -0.15) is 0 Å². The van der Waals surface area contributed by atoms with Crippen molar-refractivity contribution >= 4 is 0 Å². The van der Waals surface area contributed by atoms with Crippen molar-refractivity contribution in [3.05, 3.63) is 28.8 Å². The van der Waals surface area contributed by atoms with Crippen molar-refractivity contribution in [2.45, 2.75) is 40.2 Å². The molecule has 0 spiro atoms. The Morgan fingerprint density at radius 2 is 1.70 bits per heavy atom. The molecule has 1 heterocycles. The van der Waals surface area contributed by atoms with Gasteiger partial charge in [0.05, 0.1) is 0 Å². The number of likely N-dealkylation sites (N-methyl/N-ethyl adjacent to an activating group) is 1. The van der Waals surface area contributed by atoms with Crippen molar-refractivity contribution in [1.82, 2.24) is 9.80 Å². The maximum absolute atomic E-state index is 10.3. The molecule has 2 rings (SSSR count). The fraction of sp³-hybridized carbons (Fsp3) is 0.684. The molecule has 0 radical (unpaired) electrons. The molecule has 1 atom stereocenters. The summed E-state index contributed by atoms with van der Waals surface area (Å²) in [6.07, 6.45) is 0.736. The van der Waals surface area contributed by atoms with Crippen molar-refractivity contribution in [2.24, 2.45) is 0 Å². The average molecular weight is 320 g/mol. The maximum Gasteiger partial charge on any atom is 0.125 e. The van der Waals surface area contributed by atoms with E-state index in [1.165, 1.54) is 24.1 Å². The zero-order valence-corrected chi connectivity index (χ0v) is 15.1. The Labute approximate surface area is 141 Å². The van der Waals surface area contributed by atoms with Gasteiger partial charge in [-0.1, -0.05) is 19.1 Å². The molecule has 4 heteroatoms. The highest BCUT2D eigenvalue weighted by molar-refractivity contribution is 5.44. The lowest BCUT2D eigenvalue weighted by molar-refractivity contribution is 0.0689. The second-order valence-corrected chi connectivity index (χ2v) is 6.71. The molecule has 1 aromatic rings. The van der Waals surface area contributed by atoms with Crippen molar-refractivity contribution in [2.75, 3.05) is 45.9 Å². The van der Waals surface area contributed by atoms with E-state index >= 15 is 0 Å². The van der Waals surface area contributed by atoms with E-state index in [-0.39, 0.29) is 0 Å². The Kier molecular flexibility index (Phi) is 6.88. The summed E-state index contributed by atoms with van der Waals surface area (Å²) in [5.74, 6) is 0.928. The lowest BCUT2D eigenvalue weighted by Crippen LogP contribution is -2.38. The number of aliphatic hydroxyl groups is 1. The molecule has 1 aliphatic rings. The van der Waals surface area contributed by atoms with Crippen LogP contribution in [-0.4, -0.2) is 66.9 Å². The van der Waals surface area contributed by atoms with Crippen LogP contribution in [0.25, 0.3) is 0 Å². The summed E-state index contributed by atoms with van der Waals surface area (Å²) >= 11 is 0. The SMILES string of the molecule is CCN1CCCN(CC(O)COc2c(C)ccc(C)c2C)CC1. The molecular formula is C19H32N2O2. The number of hydrogen-bond acceptors (Lipinski definition) is 4. The first-order chi connectivity index (χ1) is 11.0. The molecule has 4 nitrogen and oxygen atoms in total. The molecule has 0 aromatic heterocycles. The first-order valence-electron chi connectivity index (χ1n) is 8.83. The van der Waals surface area contributed by atoms with Crippen molar-refractivity contribution in [1.29, 1.82) is 0 Å². The third kappa shape index (κ3) is 5.20. The van der Waals surface area contributed by atoms with Crippen molar-refractivity contribution in [3.8, 4) is 5.75 Å². The smallest absolute Gasteiger partial charge is 0.125 e. The van der Waals surface area contributed by atoms with Crippen molar-refractivity contribution < 1.29 is 9.84 Å². The molecule has 23 heavy (non-hydrogen) atoms. The molecule has 0 aliphatic carbocycles. The van der Waals surface area contributed by atoms with Crippen LogP contribution in [-0.2, 0) is 0 Å². The Morgan fingerprint density at radius 3 is 2.43 bits per heavy atom. The zero-order valence-electron chi connectivity index (χ0n) is 15.1. The van der Waals surface area contributed by atoms with Gasteiger partial charge in [-0.3, -0.25) is 4.90 Å². The van der Waals surface area contributed by atoms with Crippen LogP contribution in [0.5, 0.6) is 5.75 Å². The zero-order chi connectivity index (χ0) is 16.8. The van der Waals surface area contributed by atoms with Gasteiger partial charge in [0.2, 0.25) is 0 Å². The largest absolute Gasteiger partial charge is 0.490 e. The monoisotopic (exact) mass is 320 g/mol. The first-order valence-corrected chi connectivity index (χ1v) is 8.83. The molecular weight excluding hydrogens is 288 g/mol. The van der Waals surface area contributed by atoms with E-state index < -0.39 is 6.10 Å². The lowest BCUT2D eigenvalue weighted by atomic mass is 10.1. The molecule has 0 bridgehead atoms. The van der Waals surface area contributed by atoms with E-state index in [1.807, 2.05) is 0 Å². The molecule has 1 unspecified atom stereocenters. The highest BCUT2D eigenvalue weighted by Gasteiger charge is 2.17. The molecule has 1 N–H and O–H groups in total. The van der Waals surface area contributed by atoms with Gasteiger partial charge in [0.25, 0.3) is 0 Å². The Hall–Kier alpha value is -1.10. The van der Waals surface area contributed by atoms with E-state index in [9.17, 15) is 5.11 Å². The lowest BCUT2D eigenvalue weighted by Gasteiger charge is -2.24. The van der Waals surface area contributed by atoms with Crippen LogP contribution in [0.2, 0.25) is 0 Å². The fourth-order valence-corrected chi connectivity index (χ4v) is 3.20. The van der Waals surface area contributed by atoms with Crippen LogP contribution in [0.3, 0.4) is 0 Å². The van der Waals surface area contributed by atoms with E-state index in [1.54, 1.807) is 0 Å². The summed E-state index contributed by atoms with van der Waals surface area (Å²) in [5, 5.41) is 10.3. The predicted octanol–water partition coefficient (Wildman–Crippen LogP) is 2.38. The average Bonchev–Trinajstić information content (AvgIpc) is 2.76. The van der Waals surface area contributed by atoms with Crippen LogP contribution in [0.15, 0.2) is 12.1 Å². The second-order valence-electron chi connectivity index (χ2n) is 6.71. The number of nitrogens with zero attached hydrogens (tertiary/aromatic N) is 2. The number of aryl methyl sites for hydroxylation is 2. The fourth-order valence-electron chi connectivity index (χ4n) is 3.20. The highest BCUT2D eigenvalue weighted by Crippen LogP contribution is 2.25. The standard InChI is InChI=1S/C19H32N2O2/c1-5-20-9-6-10-21(12-11-20)13-18(22)14-23-19-16(3)8-7-15(2)17(19)4/h7-8,18,22H,5-6,9-14H2,1-4H3. The normalized spacial score (nSPS) is 18.7. The number of rotatable bonds is 6. The van der Waals surface area contributed by atoms with Crippen molar-refractivity contribution in [3.63, 3.8) is 0 Å². The van der Waals surface area contributed by atoms with E-state index in [4.69, 9.17) is 4.74 Å². The van der Waals surface area contributed by atoms with Crippen LogP contribution < -0.4 is 4.74 Å². The number of benzene rings is 1. The topological polar surface area (TPSA) is 35.9 Å². The number of hydrogen-bond donors (Lipinski definition) is 1. The molecule has 0 amide bonds. The van der Waals surface area contributed by atoms with Gasteiger partial charge in [0.1, 0.15) is 18.5 Å². The quantitative estimate of drug-likeness (QED) is 0.873. The minimum atomic E-state index is -0.442. The van der Waals surface area contributed by atoms with Gasteiger partial charge in [-0.15, -0.1) is 0 Å². The minimum absolute atomic E-state index is 0.360. The van der Waals surface area contributed by atoms with E-state index in [2.05, 4.69) is 49.6 Å². The van der Waals surface area contributed by atoms with Gasteiger partial charge < -0.3 is 14.7 Å². The summed E-state index contributed by atoms with van der Waals surface area (Å²) < 4.78 is 5.94. The van der Waals surface area contributed by atoms with E-state index in [0.29, 0.717) is 13.2 Å². The minimum Gasteiger partial charge on any atom is -0.490 e. The summed E-state index contributed by atoms with van der Waals surface area (Å²) in [6, 6.07) is 4.20. The molecule has 130 valence electrons. The first kappa shape index (κ1) is 18.2. The van der Waals surface area contributed by atoms with Crippen LogP contribution in [0.1, 0.15) is 30.0 Å².